The van der Waals surface area contributed by atoms with E-state index < -0.39 is 72.6 Å². The van der Waals surface area contributed by atoms with Gasteiger partial charge in [-0.05, 0) is 18.8 Å². The average molecular weight is 513 g/mol. The van der Waals surface area contributed by atoms with Crippen molar-refractivity contribution in [2.75, 3.05) is 0 Å². The molecule has 200 valence electrons. The summed E-state index contributed by atoms with van der Waals surface area (Å²) < 4.78 is 0. The lowest BCUT2D eigenvalue weighted by molar-refractivity contribution is -0.143. The number of aromatic amines is 1. The van der Waals surface area contributed by atoms with Gasteiger partial charge < -0.3 is 42.0 Å². The average Bonchev–Trinajstić information content (AvgIpc) is 3.28. The van der Waals surface area contributed by atoms with Gasteiger partial charge in [-0.1, -0.05) is 13.8 Å². The Morgan fingerprint density at radius 1 is 0.917 bits per heavy atom. The van der Waals surface area contributed by atoms with Crippen molar-refractivity contribution in [3.05, 3.63) is 18.2 Å². The van der Waals surface area contributed by atoms with Gasteiger partial charge in [0.25, 0.3) is 0 Å². The summed E-state index contributed by atoms with van der Waals surface area (Å²) in [5.41, 5.74) is 6.04. The maximum atomic E-state index is 12.9. The SMILES string of the molecule is CC(C)CC(NC(=O)C(Cc1cnc[nH]1)NC(=O)C(CC(=O)O)NC(=O)C(N)CCC(=O)O)C(=O)O. The highest BCUT2D eigenvalue weighted by Gasteiger charge is 2.32. The molecule has 1 rings (SSSR count). The van der Waals surface area contributed by atoms with Crippen LogP contribution < -0.4 is 21.7 Å². The van der Waals surface area contributed by atoms with Crippen LogP contribution in [0, 0.1) is 5.92 Å². The zero-order chi connectivity index (χ0) is 27.4. The lowest BCUT2D eigenvalue weighted by Crippen LogP contribution is -2.58. The van der Waals surface area contributed by atoms with Crippen LogP contribution in [0.25, 0.3) is 0 Å². The topological polar surface area (TPSA) is 254 Å². The molecule has 1 aromatic heterocycles. The van der Waals surface area contributed by atoms with Gasteiger partial charge in [-0.25, -0.2) is 9.78 Å². The van der Waals surface area contributed by atoms with Crippen molar-refractivity contribution in [3.63, 3.8) is 0 Å². The lowest BCUT2D eigenvalue weighted by Gasteiger charge is -2.25. The normalized spacial score (nSPS) is 14.2. The number of carbonyl (C=O) groups excluding carboxylic acids is 3. The van der Waals surface area contributed by atoms with Gasteiger partial charge in [0.1, 0.15) is 18.1 Å². The molecular weight excluding hydrogens is 480 g/mol. The molecule has 36 heavy (non-hydrogen) atoms. The van der Waals surface area contributed by atoms with Crippen molar-refractivity contribution in [1.82, 2.24) is 25.9 Å². The van der Waals surface area contributed by atoms with Crippen LogP contribution in [0.5, 0.6) is 0 Å². The summed E-state index contributed by atoms with van der Waals surface area (Å²) in [6.07, 6.45) is 1.17. The molecule has 0 bridgehead atoms. The highest BCUT2D eigenvalue weighted by Crippen LogP contribution is 2.07. The molecule has 1 heterocycles. The Labute approximate surface area is 206 Å². The van der Waals surface area contributed by atoms with E-state index in [2.05, 4.69) is 25.9 Å². The summed E-state index contributed by atoms with van der Waals surface area (Å²) in [5, 5.41) is 34.2. The number of imidazole rings is 1. The number of amides is 3. The summed E-state index contributed by atoms with van der Waals surface area (Å²) in [5.74, 6) is -6.79. The smallest absolute Gasteiger partial charge is 0.326 e. The first-order valence-corrected chi connectivity index (χ1v) is 11.1. The minimum absolute atomic E-state index is 0.0625. The third-order valence-corrected chi connectivity index (χ3v) is 4.95. The number of rotatable bonds is 16. The molecule has 9 N–H and O–H groups in total. The number of hydrogen-bond acceptors (Lipinski definition) is 8. The van der Waals surface area contributed by atoms with Crippen molar-refractivity contribution >= 4 is 35.6 Å². The summed E-state index contributed by atoms with van der Waals surface area (Å²) in [7, 11) is 0. The fourth-order valence-corrected chi connectivity index (χ4v) is 3.14. The summed E-state index contributed by atoms with van der Waals surface area (Å²) in [6, 6.07) is -5.54. The van der Waals surface area contributed by atoms with Crippen molar-refractivity contribution in [2.45, 2.75) is 70.1 Å². The van der Waals surface area contributed by atoms with Crippen molar-refractivity contribution in [3.8, 4) is 0 Å². The minimum atomic E-state index is -1.64. The molecule has 0 saturated heterocycles. The standard InChI is InChI=1S/C21H32N6O9/c1-10(2)5-15(21(35)36)27-19(33)13(6-11-8-23-9-24-11)26-20(34)14(7-17(30)31)25-18(32)12(22)3-4-16(28)29/h8-10,12-15H,3-7,22H2,1-2H3,(H,23,24)(H,25,32)(H,26,34)(H,27,33)(H,28,29)(H,30,31)(H,35,36). The van der Waals surface area contributed by atoms with Gasteiger partial charge >= 0.3 is 17.9 Å². The first-order chi connectivity index (χ1) is 16.8. The Hall–Kier alpha value is -4.01. The van der Waals surface area contributed by atoms with E-state index in [1.165, 1.54) is 12.5 Å². The number of aromatic nitrogens is 2. The van der Waals surface area contributed by atoms with Gasteiger partial charge in [-0.3, -0.25) is 24.0 Å². The third-order valence-electron chi connectivity index (χ3n) is 4.95. The number of carboxylic acids is 3. The van der Waals surface area contributed by atoms with E-state index in [-0.39, 0.29) is 25.2 Å². The van der Waals surface area contributed by atoms with Gasteiger partial charge in [0.2, 0.25) is 17.7 Å². The van der Waals surface area contributed by atoms with Crippen LogP contribution in [0.3, 0.4) is 0 Å². The minimum Gasteiger partial charge on any atom is -0.481 e. The fraction of sp³-hybridized carbons (Fsp3) is 0.571. The number of aliphatic carboxylic acids is 3. The van der Waals surface area contributed by atoms with Crippen LogP contribution >= 0.6 is 0 Å². The molecular formula is C21H32N6O9. The number of nitrogens with two attached hydrogens (primary N) is 1. The Morgan fingerprint density at radius 2 is 1.50 bits per heavy atom. The summed E-state index contributed by atoms with van der Waals surface area (Å²) in [6.45, 7) is 3.54. The van der Waals surface area contributed by atoms with Gasteiger partial charge in [0.15, 0.2) is 0 Å². The second-order valence-electron chi connectivity index (χ2n) is 8.57. The van der Waals surface area contributed by atoms with Gasteiger partial charge in [0.05, 0.1) is 18.8 Å². The predicted molar refractivity (Wildman–Crippen MR) is 122 cm³/mol. The van der Waals surface area contributed by atoms with Crippen LogP contribution in [0.2, 0.25) is 0 Å². The highest BCUT2D eigenvalue weighted by molar-refractivity contribution is 5.95. The zero-order valence-corrected chi connectivity index (χ0v) is 19.9. The molecule has 0 radical (unpaired) electrons. The van der Waals surface area contributed by atoms with E-state index in [9.17, 15) is 39.0 Å². The Balaban J connectivity index is 3.05. The van der Waals surface area contributed by atoms with Crippen LogP contribution in [0.15, 0.2) is 12.5 Å². The number of nitrogens with zero attached hydrogens (tertiary/aromatic N) is 1. The second-order valence-corrected chi connectivity index (χ2v) is 8.57. The first-order valence-electron chi connectivity index (χ1n) is 11.1. The third kappa shape index (κ3) is 10.9. The molecule has 1 aromatic rings. The molecule has 0 fully saturated rings. The number of nitrogens with one attached hydrogen (secondary N) is 4. The molecule has 0 aromatic carbocycles. The van der Waals surface area contributed by atoms with E-state index >= 15 is 0 Å². The molecule has 0 aliphatic heterocycles. The number of carboxylic acid groups (broad SMARTS) is 3. The molecule has 3 amide bonds. The predicted octanol–water partition coefficient (Wildman–Crippen LogP) is -1.80. The number of hydrogen-bond donors (Lipinski definition) is 8. The molecule has 15 nitrogen and oxygen atoms in total. The Morgan fingerprint density at radius 3 is 2.00 bits per heavy atom. The van der Waals surface area contributed by atoms with E-state index in [4.69, 9.17) is 10.8 Å². The van der Waals surface area contributed by atoms with E-state index in [0.717, 1.165) is 0 Å². The molecule has 15 heteroatoms. The zero-order valence-electron chi connectivity index (χ0n) is 19.9. The second kappa shape index (κ2) is 14.4. The fourth-order valence-electron chi connectivity index (χ4n) is 3.14. The van der Waals surface area contributed by atoms with Crippen molar-refractivity contribution in [1.29, 1.82) is 0 Å². The number of H-pyrrole nitrogens is 1. The lowest BCUT2D eigenvalue weighted by atomic mass is 10.0. The van der Waals surface area contributed by atoms with Gasteiger partial charge in [-0.15, -0.1) is 0 Å². The Bertz CT molecular complexity index is 934. The van der Waals surface area contributed by atoms with Gasteiger partial charge in [0, 0.05) is 24.7 Å². The summed E-state index contributed by atoms with van der Waals surface area (Å²) in [4.78, 5) is 78.2. The summed E-state index contributed by atoms with van der Waals surface area (Å²) >= 11 is 0. The molecule has 0 spiro atoms. The molecule has 4 unspecified atom stereocenters. The van der Waals surface area contributed by atoms with Crippen molar-refractivity contribution < 1.29 is 44.1 Å². The van der Waals surface area contributed by atoms with Crippen molar-refractivity contribution in [2.24, 2.45) is 11.7 Å². The quantitative estimate of drug-likeness (QED) is 0.123. The Kier molecular flexibility index (Phi) is 12.0. The number of carbonyl (C=O) groups is 6. The van der Waals surface area contributed by atoms with Crippen LogP contribution in [0.4, 0.5) is 0 Å². The molecule has 0 aliphatic carbocycles. The van der Waals surface area contributed by atoms with Crippen LogP contribution in [-0.2, 0) is 35.2 Å². The van der Waals surface area contributed by atoms with Crippen LogP contribution in [-0.4, -0.2) is 85.1 Å². The van der Waals surface area contributed by atoms with E-state index in [1.807, 2.05) is 0 Å². The molecule has 4 atom stereocenters. The van der Waals surface area contributed by atoms with Gasteiger partial charge in [-0.2, -0.15) is 0 Å². The van der Waals surface area contributed by atoms with E-state index in [0.29, 0.717) is 5.69 Å². The maximum absolute atomic E-state index is 12.9. The molecule has 0 saturated carbocycles. The largest absolute Gasteiger partial charge is 0.481 e. The maximum Gasteiger partial charge on any atom is 0.326 e. The first kappa shape index (κ1) is 30.0. The molecule has 0 aliphatic rings. The van der Waals surface area contributed by atoms with Crippen LogP contribution in [0.1, 0.15) is 45.2 Å². The highest BCUT2D eigenvalue weighted by atomic mass is 16.4. The van der Waals surface area contributed by atoms with E-state index in [1.54, 1.807) is 13.8 Å². The monoisotopic (exact) mass is 512 g/mol.